The van der Waals surface area contributed by atoms with Gasteiger partial charge in [-0.1, -0.05) is 12.5 Å². The van der Waals surface area contributed by atoms with Gasteiger partial charge in [0.25, 0.3) is 0 Å². The fourth-order valence-electron chi connectivity index (χ4n) is 2.33. The lowest BCUT2D eigenvalue weighted by Crippen LogP contribution is -2.21. The van der Waals surface area contributed by atoms with Crippen molar-refractivity contribution in [3.63, 3.8) is 0 Å². The van der Waals surface area contributed by atoms with Crippen molar-refractivity contribution < 1.29 is 19.7 Å². The summed E-state index contributed by atoms with van der Waals surface area (Å²) in [6.45, 7) is 0. The molecule has 1 fully saturated rings. The Kier molecular flexibility index (Phi) is 4.83. The summed E-state index contributed by atoms with van der Waals surface area (Å²) in [5, 5.41) is 27.7. The summed E-state index contributed by atoms with van der Waals surface area (Å²) in [5.41, 5.74) is 0.327. The minimum atomic E-state index is -0.642. The highest BCUT2D eigenvalue weighted by Crippen LogP contribution is 2.26. The summed E-state index contributed by atoms with van der Waals surface area (Å²) >= 11 is 0. The normalized spacial score (nSPS) is 16.2. The van der Waals surface area contributed by atoms with E-state index in [-0.39, 0.29) is 23.2 Å². The molecule has 0 unspecified atom stereocenters. The van der Waals surface area contributed by atoms with Crippen LogP contribution in [0.1, 0.15) is 37.7 Å². The van der Waals surface area contributed by atoms with Crippen LogP contribution in [0.5, 0.6) is 11.5 Å². The first-order chi connectivity index (χ1) is 10.1. The van der Waals surface area contributed by atoms with Crippen molar-refractivity contribution in [2.45, 2.75) is 38.2 Å². The maximum absolute atomic E-state index is 12.0. The topological polar surface area (TPSA) is 90.5 Å². The molecule has 0 saturated heterocycles. The molecule has 5 heteroatoms. The largest absolute Gasteiger partial charge is 0.504 e. The Balaban J connectivity index is 2.10. The molecule has 1 aliphatic rings. The lowest BCUT2D eigenvalue weighted by molar-refractivity contribution is -0.145. The second-order valence-electron chi connectivity index (χ2n) is 5.08. The molecule has 0 amide bonds. The maximum Gasteiger partial charge on any atom is 0.349 e. The number of ether oxygens (including phenoxy) is 1. The number of carbonyl (C=O) groups is 1. The zero-order chi connectivity index (χ0) is 15.2. The van der Waals surface area contributed by atoms with Gasteiger partial charge in [0.1, 0.15) is 17.7 Å². The second kappa shape index (κ2) is 6.80. The van der Waals surface area contributed by atoms with Gasteiger partial charge >= 0.3 is 5.97 Å². The van der Waals surface area contributed by atoms with E-state index < -0.39 is 5.97 Å². The minimum absolute atomic E-state index is 0.115. The maximum atomic E-state index is 12.0. The van der Waals surface area contributed by atoms with Gasteiger partial charge in [0, 0.05) is 0 Å². The Bertz CT molecular complexity index is 595. The molecule has 0 atom stereocenters. The Morgan fingerprint density at radius 3 is 2.57 bits per heavy atom. The monoisotopic (exact) mass is 287 g/mol. The molecule has 0 spiro atoms. The lowest BCUT2D eigenvalue weighted by atomic mass is 9.98. The van der Waals surface area contributed by atoms with E-state index in [9.17, 15) is 15.0 Å². The fraction of sp³-hybridized carbons (Fsp3) is 0.375. The van der Waals surface area contributed by atoms with Crippen molar-refractivity contribution in [1.82, 2.24) is 0 Å². The van der Waals surface area contributed by atoms with Crippen molar-refractivity contribution in [3.8, 4) is 17.6 Å². The predicted octanol–water partition coefficient (Wildman–Crippen LogP) is 2.88. The van der Waals surface area contributed by atoms with Crippen LogP contribution in [0, 0.1) is 11.3 Å². The van der Waals surface area contributed by atoms with Crippen molar-refractivity contribution in [3.05, 3.63) is 29.3 Å². The SMILES string of the molecule is N#CC(=Cc1ccc(O)c(O)c1)C(=O)OC1CCCCC1. The third-order valence-corrected chi connectivity index (χ3v) is 3.48. The van der Waals surface area contributed by atoms with Gasteiger partial charge in [0.15, 0.2) is 11.5 Å². The van der Waals surface area contributed by atoms with Gasteiger partial charge in [-0.15, -0.1) is 0 Å². The number of aromatic hydroxyl groups is 2. The van der Waals surface area contributed by atoms with Crippen molar-refractivity contribution in [2.24, 2.45) is 0 Å². The molecule has 0 radical (unpaired) electrons. The van der Waals surface area contributed by atoms with Crippen LogP contribution >= 0.6 is 0 Å². The van der Waals surface area contributed by atoms with Gasteiger partial charge in [-0.2, -0.15) is 5.26 Å². The molecule has 0 aromatic heterocycles. The molecular weight excluding hydrogens is 270 g/mol. The molecule has 1 aliphatic carbocycles. The van der Waals surface area contributed by atoms with Crippen molar-refractivity contribution in [1.29, 1.82) is 5.26 Å². The molecule has 1 saturated carbocycles. The highest BCUT2D eigenvalue weighted by Gasteiger charge is 2.20. The summed E-state index contributed by atoms with van der Waals surface area (Å²) in [4.78, 5) is 12.0. The van der Waals surface area contributed by atoms with Crippen LogP contribution in [-0.4, -0.2) is 22.3 Å². The Labute approximate surface area is 123 Å². The van der Waals surface area contributed by atoms with Crippen LogP contribution in [-0.2, 0) is 9.53 Å². The molecule has 110 valence electrons. The standard InChI is InChI=1S/C16H17NO4/c17-10-12(8-11-6-7-14(18)15(19)9-11)16(20)21-13-4-2-1-3-5-13/h6-9,13,18-19H,1-5H2. The molecule has 1 aromatic carbocycles. The Morgan fingerprint density at radius 2 is 1.95 bits per heavy atom. The average molecular weight is 287 g/mol. The second-order valence-corrected chi connectivity index (χ2v) is 5.08. The van der Waals surface area contributed by atoms with Crippen LogP contribution in [0.2, 0.25) is 0 Å². The van der Waals surface area contributed by atoms with Crippen LogP contribution < -0.4 is 0 Å². The van der Waals surface area contributed by atoms with E-state index >= 15 is 0 Å². The highest BCUT2D eigenvalue weighted by molar-refractivity contribution is 5.98. The fourth-order valence-corrected chi connectivity index (χ4v) is 2.33. The van der Waals surface area contributed by atoms with Crippen LogP contribution in [0.15, 0.2) is 23.8 Å². The van der Waals surface area contributed by atoms with E-state index in [1.165, 1.54) is 24.3 Å². The lowest BCUT2D eigenvalue weighted by Gasteiger charge is -2.21. The van der Waals surface area contributed by atoms with E-state index in [4.69, 9.17) is 10.00 Å². The van der Waals surface area contributed by atoms with E-state index in [0.717, 1.165) is 32.1 Å². The van der Waals surface area contributed by atoms with Gasteiger partial charge in [-0.3, -0.25) is 0 Å². The number of phenolic OH excluding ortho intramolecular Hbond substituents is 2. The van der Waals surface area contributed by atoms with Gasteiger partial charge in [-0.05, 0) is 49.5 Å². The molecule has 2 rings (SSSR count). The van der Waals surface area contributed by atoms with E-state index in [1.54, 1.807) is 0 Å². The van der Waals surface area contributed by atoms with Crippen LogP contribution in [0.25, 0.3) is 6.08 Å². The first kappa shape index (κ1) is 14.9. The summed E-state index contributed by atoms with van der Waals surface area (Å²) in [7, 11) is 0. The summed E-state index contributed by atoms with van der Waals surface area (Å²) in [5.74, 6) is -1.20. The number of rotatable bonds is 3. The molecule has 5 nitrogen and oxygen atoms in total. The van der Waals surface area contributed by atoms with E-state index in [2.05, 4.69) is 0 Å². The molecular formula is C16H17NO4. The number of hydrogen-bond acceptors (Lipinski definition) is 5. The molecule has 21 heavy (non-hydrogen) atoms. The number of nitrogens with zero attached hydrogens (tertiary/aromatic N) is 1. The third kappa shape index (κ3) is 3.99. The molecule has 0 aliphatic heterocycles. The van der Waals surface area contributed by atoms with Crippen LogP contribution in [0.3, 0.4) is 0 Å². The quantitative estimate of drug-likeness (QED) is 0.386. The predicted molar refractivity (Wildman–Crippen MR) is 76.3 cm³/mol. The molecule has 2 N–H and O–H groups in total. The first-order valence-corrected chi connectivity index (χ1v) is 6.95. The molecule has 0 heterocycles. The van der Waals surface area contributed by atoms with E-state index in [1.807, 2.05) is 6.07 Å². The van der Waals surface area contributed by atoms with Gasteiger partial charge in [0.2, 0.25) is 0 Å². The zero-order valence-electron chi connectivity index (χ0n) is 11.6. The molecule has 0 bridgehead atoms. The zero-order valence-corrected chi connectivity index (χ0v) is 11.6. The molecule has 1 aromatic rings. The van der Waals surface area contributed by atoms with Gasteiger partial charge < -0.3 is 14.9 Å². The highest BCUT2D eigenvalue weighted by atomic mass is 16.5. The number of phenols is 2. The van der Waals surface area contributed by atoms with Gasteiger partial charge in [0.05, 0.1) is 0 Å². The summed E-state index contributed by atoms with van der Waals surface area (Å²) < 4.78 is 5.33. The smallest absolute Gasteiger partial charge is 0.349 e. The first-order valence-electron chi connectivity index (χ1n) is 6.95. The van der Waals surface area contributed by atoms with Crippen LogP contribution in [0.4, 0.5) is 0 Å². The Hall–Kier alpha value is -2.48. The average Bonchev–Trinajstić information content (AvgIpc) is 2.49. The third-order valence-electron chi connectivity index (χ3n) is 3.48. The number of hydrogen-bond donors (Lipinski definition) is 2. The van der Waals surface area contributed by atoms with Crippen molar-refractivity contribution in [2.75, 3.05) is 0 Å². The van der Waals surface area contributed by atoms with Gasteiger partial charge in [-0.25, -0.2) is 4.79 Å². The number of nitriles is 1. The number of benzene rings is 1. The number of esters is 1. The van der Waals surface area contributed by atoms with E-state index in [0.29, 0.717) is 5.56 Å². The summed E-state index contributed by atoms with van der Waals surface area (Å²) in [6.07, 6.45) is 6.13. The Morgan fingerprint density at radius 1 is 1.24 bits per heavy atom. The summed E-state index contributed by atoms with van der Waals surface area (Å²) in [6, 6.07) is 5.89. The number of carbonyl (C=O) groups excluding carboxylic acids is 1. The van der Waals surface area contributed by atoms with Crippen molar-refractivity contribution >= 4 is 12.0 Å². The minimum Gasteiger partial charge on any atom is -0.504 e.